The van der Waals surface area contributed by atoms with Crippen LogP contribution in [0, 0.1) is 5.82 Å². The van der Waals surface area contributed by atoms with Gasteiger partial charge in [-0.05, 0) is 37.1 Å². The molecule has 0 amide bonds. The van der Waals surface area contributed by atoms with Crippen molar-refractivity contribution < 1.29 is 9.18 Å². The SMILES string of the molecule is C[C@@]1(c2cc(CC(=O)CCc3nc4ccccc4[nH]3)ccc2F)CCSC(N)=N1. The molecule has 150 valence electrons. The number of rotatable bonds is 6. The topological polar surface area (TPSA) is 84.1 Å². The first-order valence-electron chi connectivity index (χ1n) is 9.65. The van der Waals surface area contributed by atoms with Crippen LogP contribution in [0.25, 0.3) is 11.0 Å². The number of amidine groups is 1. The Labute approximate surface area is 173 Å². The molecule has 0 bridgehead atoms. The van der Waals surface area contributed by atoms with Crippen LogP contribution in [-0.2, 0) is 23.2 Å². The van der Waals surface area contributed by atoms with E-state index in [1.54, 1.807) is 12.1 Å². The molecule has 1 aliphatic rings. The maximum atomic E-state index is 14.5. The molecule has 1 atom stereocenters. The van der Waals surface area contributed by atoms with Crippen molar-refractivity contribution in [2.24, 2.45) is 10.7 Å². The van der Waals surface area contributed by atoms with Gasteiger partial charge in [-0.15, -0.1) is 0 Å². The van der Waals surface area contributed by atoms with E-state index in [0.717, 1.165) is 28.2 Å². The van der Waals surface area contributed by atoms with Crippen LogP contribution in [0.5, 0.6) is 0 Å². The number of H-pyrrole nitrogens is 1. The number of nitrogens with two attached hydrogens (primary N) is 1. The number of carbonyl (C=O) groups is 1. The molecular weight excluding hydrogens is 387 g/mol. The van der Waals surface area contributed by atoms with Crippen LogP contribution in [0.4, 0.5) is 4.39 Å². The van der Waals surface area contributed by atoms with Gasteiger partial charge in [-0.25, -0.2) is 9.37 Å². The van der Waals surface area contributed by atoms with Gasteiger partial charge in [0.1, 0.15) is 17.4 Å². The highest BCUT2D eigenvalue weighted by Crippen LogP contribution is 2.36. The number of benzene rings is 2. The molecule has 0 saturated heterocycles. The van der Waals surface area contributed by atoms with Crippen LogP contribution < -0.4 is 5.73 Å². The fourth-order valence-electron chi connectivity index (χ4n) is 3.67. The Morgan fingerprint density at radius 1 is 1.31 bits per heavy atom. The number of thioether (sulfide) groups is 1. The van der Waals surface area contributed by atoms with Crippen LogP contribution in [-0.4, -0.2) is 26.7 Å². The fraction of sp³-hybridized carbons (Fsp3) is 0.318. The third-order valence-corrected chi connectivity index (χ3v) is 6.08. The Bertz CT molecular complexity index is 1060. The summed E-state index contributed by atoms with van der Waals surface area (Å²) in [5, 5.41) is 0.477. The van der Waals surface area contributed by atoms with E-state index in [9.17, 15) is 9.18 Å². The zero-order valence-electron chi connectivity index (χ0n) is 16.2. The number of aryl methyl sites for hydroxylation is 1. The first-order valence-corrected chi connectivity index (χ1v) is 10.6. The Hall–Kier alpha value is -2.67. The quantitative estimate of drug-likeness (QED) is 0.640. The molecule has 0 spiro atoms. The summed E-state index contributed by atoms with van der Waals surface area (Å²) in [6.45, 7) is 1.89. The van der Waals surface area contributed by atoms with E-state index in [1.165, 1.54) is 17.8 Å². The summed E-state index contributed by atoms with van der Waals surface area (Å²) < 4.78 is 14.5. The maximum absolute atomic E-state index is 14.5. The fourth-order valence-corrected chi connectivity index (χ4v) is 4.65. The number of ketones is 1. The number of hydrogen-bond donors (Lipinski definition) is 2. The number of fused-ring (bicyclic) bond motifs is 1. The molecular formula is C22H23FN4OS. The summed E-state index contributed by atoms with van der Waals surface area (Å²) in [6.07, 6.45) is 1.90. The van der Waals surface area contributed by atoms with Crippen molar-refractivity contribution in [1.82, 2.24) is 9.97 Å². The molecule has 0 radical (unpaired) electrons. The molecule has 4 rings (SSSR count). The first-order chi connectivity index (χ1) is 13.9. The number of carbonyl (C=O) groups excluding carboxylic acids is 1. The molecule has 1 aliphatic heterocycles. The van der Waals surface area contributed by atoms with Crippen LogP contribution in [0.2, 0.25) is 0 Å². The van der Waals surface area contributed by atoms with E-state index in [2.05, 4.69) is 15.0 Å². The highest BCUT2D eigenvalue weighted by Gasteiger charge is 2.32. The second-order valence-corrected chi connectivity index (χ2v) is 8.67. The molecule has 0 unspecified atom stereocenters. The van der Waals surface area contributed by atoms with E-state index >= 15 is 0 Å². The van der Waals surface area contributed by atoms with Gasteiger partial charge in [-0.3, -0.25) is 9.79 Å². The first kappa shape index (κ1) is 19.6. The monoisotopic (exact) mass is 410 g/mol. The standard InChI is InChI=1S/C22H23FN4OS/c1-22(10-11-29-21(24)27-22)16-13-14(6-8-17(16)23)12-15(28)7-9-20-25-18-4-2-3-5-19(18)26-20/h2-6,8,13H,7,9-12H2,1H3,(H2,24,27)(H,25,26)/t22-/m0/s1. The molecule has 3 N–H and O–H groups in total. The molecule has 7 heteroatoms. The van der Waals surface area contributed by atoms with E-state index < -0.39 is 5.54 Å². The van der Waals surface area contributed by atoms with Crippen molar-refractivity contribution in [2.75, 3.05) is 5.75 Å². The van der Waals surface area contributed by atoms with Crippen molar-refractivity contribution in [3.05, 3.63) is 65.2 Å². The van der Waals surface area contributed by atoms with E-state index in [0.29, 0.717) is 30.0 Å². The van der Waals surface area contributed by atoms with Crippen molar-refractivity contribution in [3.8, 4) is 0 Å². The van der Waals surface area contributed by atoms with Crippen molar-refractivity contribution >= 4 is 33.7 Å². The third kappa shape index (κ3) is 4.34. The van der Waals surface area contributed by atoms with Gasteiger partial charge < -0.3 is 10.7 Å². The van der Waals surface area contributed by atoms with E-state index in [4.69, 9.17) is 5.73 Å². The Kier molecular flexibility index (Phi) is 5.41. The third-order valence-electron chi connectivity index (χ3n) is 5.29. The van der Waals surface area contributed by atoms with Crippen LogP contribution in [0.15, 0.2) is 47.5 Å². The van der Waals surface area contributed by atoms with Crippen molar-refractivity contribution in [2.45, 2.75) is 38.1 Å². The number of aliphatic imine (C=N–C) groups is 1. The summed E-state index contributed by atoms with van der Waals surface area (Å²) in [7, 11) is 0. The summed E-state index contributed by atoms with van der Waals surface area (Å²) in [5.41, 5.74) is 8.35. The van der Waals surface area contributed by atoms with Crippen LogP contribution in [0.1, 0.15) is 36.7 Å². The zero-order valence-corrected chi connectivity index (χ0v) is 17.1. The van der Waals surface area contributed by atoms with Gasteiger partial charge >= 0.3 is 0 Å². The molecule has 1 aromatic heterocycles. The normalized spacial score (nSPS) is 19.3. The summed E-state index contributed by atoms with van der Waals surface area (Å²) >= 11 is 1.48. The summed E-state index contributed by atoms with van der Waals surface area (Å²) in [4.78, 5) is 24.8. The molecule has 0 fully saturated rings. The largest absolute Gasteiger partial charge is 0.379 e. The lowest BCUT2D eigenvalue weighted by Crippen LogP contribution is -2.29. The molecule has 29 heavy (non-hydrogen) atoms. The number of Topliss-reactive ketones (excluding diaryl/α,β-unsaturated/α-hetero) is 1. The lowest BCUT2D eigenvalue weighted by molar-refractivity contribution is -0.118. The Morgan fingerprint density at radius 2 is 2.14 bits per heavy atom. The highest BCUT2D eigenvalue weighted by molar-refractivity contribution is 8.13. The lowest BCUT2D eigenvalue weighted by Gasteiger charge is -2.30. The van der Waals surface area contributed by atoms with Crippen LogP contribution in [0.3, 0.4) is 0 Å². The number of imidazole rings is 1. The number of halogens is 1. The smallest absolute Gasteiger partial charge is 0.154 e. The van der Waals surface area contributed by atoms with Crippen molar-refractivity contribution in [3.63, 3.8) is 0 Å². The average molecular weight is 411 g/mol. The molecule has 3 aromatic rings. The molecule has 0 aliphatic carbocycles. The molecule has 2 heterocycles. The molecule has 2 aromatic carbocycles. The highest BCUT2D eigenvalue weighted by atomic mass is 32.2. The summed E-state index contributed by atoms with van der Waals surface area (Å²) in [5.74, 6) is 1.38. The van der Waals surface area contributed by atoms with Gasteiger partial charge in [0.2, 0.25) is 0 Å². The van der Waals surface area contributed by atoms with Gasteiger partial charge in [-0.1, -0.05) is 36.0 Å². The number of nitrogens with one attached hydrogen (secondary N) is 1. The van der Waals surface area contributed by atoms with E-state index in [-0.39, 0.29) is 18.0 Å². The minimum Gasteiger partial charge on any atom is -0.379 e. The van der Waals surface area contributed by atoms with Gasteiger partial charge in [0, 0.05) is 30.6 Å². The van der Waals surface area contributed by atoms with E-state index in [1.807, 2.05) is 31.2 Å². The van der Waals surface area contributed by atoms with Gasteiger partial charge in [-0.2, -0.15) is 0 Å². The van der Waals surface area contributed by atoms with Crippen molar-refractivity contribution in [1.29, 1.82) is 0 Å². The number of nitrogens with zero attached hydrogens (tertiary/aromatic N) is 2. The van der Waals surface area contributed by atoms with Gasteiger partial charge in [0.05, 0.1) is 16.6 Å². The maximum Gasteiger partial charge on any atom is 0.154 e. The summed E-state index contributed by atoms with van der Waals surface area (Å²) in [6, 6.07) is 12.7. The second kappa shape index (κ2) is 7.99. The minimum absolute atomic E-state index is 0.0929. The lowest BCUT2D eigenvalue weighted by atomic mass is 9.87. The number of aromatic nitrogens is 2. The average Bonchev–Trinajstić information content (AvgIpc) is 3.11. The Balaban J connectivity index is 1.45. The Morgan fingerprint density at radius 3 is 2.93 bits per heavy atom. The minimum atomic E-state index is -0.688. The number of aromatic amines is 1. The zero-order chi connectivity index (χ0) is 20.4. The predicted molar refractivity (Wildman–Crippen MR) is 116 cm³/mol. The van der Waals surface area contributed by atoms with Gasteiger partial charge in [0.15, 0.2) is 5.17 Å². The second-order valence-electron chi connectivity index (χ2n) is 7.55. The molecule has 0 saturated carbocycles. The molecule has 5 nitrogen and oxygen atoms in total. The predicted octanol–water partition coefficient (Wildman–Crippen LogP) is 4.11. The number of para-hydroxylation sites is 2. The van der Waals surface area contributed by atoms with Crippen LogP contribution >= 0.6 is 11.8 Å². The van der Waals surface area contributed by atoms with Gasteiger partial charge in [0.25, 0.3) is 0 Å². The number of hydrogen-bond acceptors (Lipinski definition) is 5.